The number of nitrogens with one attached hydrogen (secondary N) is 1. The van der Waals surface area contributed by atoms with Crippen LogP contribution in [0.2, 0.25) is 0 Å². The predicted octanol–water partition coefficient (Wildman–Crippen LogP) is 2.58. The van der Waals surface area contributed by atoms with E-state index < -0.39 is 44.7 Å². The van der Waals surface area contributed by atoms with Crippen LogP contribution in [0.3, 0.4) is 0 Å². The van der Waals surface area contributed by atoms with Crippen LogP contribution in [0.25, 0.3) is 0 Å². The number of ether oxygens (including phenoxy) is 2. The van der Waals surface area contributed by atoms with Crippen molar-refractivity contribution in [3.8, 4) is 0 Å². The molecule has 1 amide bonds. The highest BCUT2D eigenvalue weighted by Gasteiger charge is 2.65. The Bertz CT molecular complexity index is 1510. The summed E-state index contributed by atoms with van der Waals surface area (Å²) in [5.74, 6) is -9.04. The fraction of sp³-hybridized carbons (Fsp3) is 0.269. The minimum atomic E-state index is -4.37. The molecule has 0 aliphatic carbocycles. The van der Waals surface area contributed by atoms with Crippen LogP contribution in [0.1, 0.15) is 21.6 Å². The van der Waals surface area contributed by atoms with Crippen LogP contribution in [0, 0.1) is 5.21 Å². The molecule has 4 rings (SSSR count). The fourth-order valence-electron chi connectivity index (χ4n) is 4.25. The van der Waals surface area contributed by atoms with E-state index in [1.54, 1.807) is 6.07 Å². The Morgan fingerprint density at radius 2 is 1.80 bits per heavy atom. The number of rotatable bonds is 9. The van der Waals surface area contributed by atoms with Crippen LogP contribution in [0.4, 0.5) is 8.78 Å². The van der Waals surface area contributed by atoms with E-state index in [4.69, 9.17) is 9.47 Å². The van der Waals surface area contributed by atoms with Gasteiger partial charge in [-0.25, -0.2) is 13.2 Å². The molecule has 0 saturated carbocycles. The molecule has 0 radical (unpaired) electrons. The first-order chi connectivity index (χ1) is 19.0. The first-order valence-corrected chi connectivity index (χ1v) is 14.3. The molecular formula is C26H25F2N3O7S2. The third-order valence-corrected chi connectivity index (χ3v) is 9.40. The highest BCUT2D eigenvalue weighted by molar-refractivity contribution is 8.02. The molecule has 1 N–H and O–H groups in total. The number of alkyl halides is 2. The zero-order valence-corrected chi connectivity index (χ0v) is 23.0. The van der Waals surface area contributed by atoms with Crippen molar-refractivity contribution < 1.29 is 41.0 Å². The molecule has 10 nitrogen and oxygen atoms in total. The number of carbonyl (C=O) groups excluding carboxylic acids is 2. The van der Waals surface area contributed by atoms with Crippen molar-refractivity contribution in [2.75, 3.05) is 26.5 Å². The molecule has 1 aliphatic heterocycles. The second kappa shape index (κ2) is 11.5. The van der Waals surface area contributed by atoms with E-state index in [2.05, 4.69) is 5.32 Å². The number of benzene rings is 2. The van der Waals surface area contributed by atoms with Gasteiger partial charge in [0.25, 0.3) is 11.6 Å². The second-order valence-electron chi connectivity index (χ2n) is 8.54. The lowest BCUT2D eigenvalue weighted by Gasteiger charge is -2.38. The van der Waals surface area contributed by atoms with Crippen molar-refractivity contribution in [2.24, 2.45) is 0 Å². The van der Waals surface area contributed by atoms with Gasteiger partial charge in [-0.15, -0.1) is 11.8 Å². The number of esters is 1. The van der Waals surface area contributed by atoms with Crippen LogP contribution in [0.5, 0.6) is 0 Å². The number of methoxy groups -OCH3 is 1. The molecule has 0 bridgehead atoms. The lowest BCUT2D eigenvalue weighted by molar-refractivity contribution is -0.630. The largest absolute Gasteiger partial charge is 0.618 e. The van der Waals surface area contributed by atoms with Crippen LogP contribution in [-0.2, 0) is 36.0 Å². The fourth-order valence-corrected chi connectivity index (χ4v) is 7.33. The molecule has 0 spiro atoms. The molecule has 1 aromatic heterocycles. The van der Waals surface area contributed by atoms with E-state index in [1.165, 1.54) is 61.6 Å². The highest BCUT2D eigenvalue weighted by Crippen LogP contribution is 2.48. The quantitative estimate of drug-likeness (QED) is 0.174. The zero-order valence-electron chi connectivity index (χ0n) is 21.3. The molecule has 40 heavy (non-hydrogen) atoms. The van der Waals surface area contributed by atoms with Crippen molar-refractivity contribution in [1.29, 1.82) is 0 Å². The lowest BCUT2D eigenvalue weighted by Crippen LogP contribution is -2.55. The number of carbonyl (C=O) groups is 2. The normalized spacial score (nSPS) is 17.6. The summed E-state index contributed by atoms with van der Waals surface area (Å²) in [4.78, 5) is 25.3. The molecule has 1 unspecified atom stereocenters. The molecule has 3 aromatic rings. The minimum absolute atomic E-state index is 0.0644. The molecule has 1 fully saturated rings. The summed E-state index contributed by atoms with van der Waals surface area (Å²) < 4.78 is 70.9. The number of amides is 1. The van der Waals surface area contributed by atoms with Crippen LogP contribution in [-0.4, -0.2) is 56.4 Å². The molecule has 2 heterocycles. The van der Waals surface area contributed by atoms with Crippen molar-refractivity contribution in [2.45, 2.75) is 22.0 Å². The summed E-state index contributed by atoms with van der Waals surface area (Å²) in [5, 5.41) is 13.2. The molecule has 2 aromatic carbocycles. The standard InChI is InChI=1S/C26H25F2N3O7S2/c1-29-22(32)18-9-8-12-20(17-18)40(35,36)31-15-16-39-23(31)24(33)38-26(37-2,19-10-4-3-5-11-19)25(27,28)21-13-6-7-14-30(21)34/h3-14,17,23H,15-16H2,1-2H3,(H,29,32)/t23-,26?/m0/s1. The molecule has 212 valence electrons. The van der Waals surface area contributed by atoms with E-state index in [-0.39, 0.29) is 33.1 Å². The van der Waals surface area contributed by atoms with Crippen LogP contribution in [0.15, 0.2) is 83.9 Å². The van der Waals surface area contributed by atoms with Gasteiger partial charge in [-0.05, 0) is 24.3 Å². The highest BCUT2D eigenvalue weighted by atomic mass is 32.2. The zero-order chi connectivity index (χ0) is 29.1. The molecular weight excluding hydrogens is 568 g/mol. The summed E-state index contributed by atoms with van der Waals surface area (Å²) in [5.41, 5.74) is -1.26. The Kier molecular flexibility index (Phi) is 8.44. The smallest absolute Gasteiger partial charge is 0.399 e. The van der Waals surface area contributed by atoms with E-state index in [9.17, 15) is 23.2 Å². The summed E-state index contributed by atoms with van der Waals surface area (Å²) in [6.45, 7) is -0.127. The molecule has 2 atom stereocenters. The first-order valence-electron chi connectivity index (χ1n) is 11.8. The number of aromatic nitrogens is 1. The average molecular weight is 594 g/mol. The lowest BCUT2D eigenvalue weighted by atomic mass is 9.95. The second-order valence-corrected chi connectivity index (χ2v) is 11.6. The van der Waals surface area contributed by atoms with Crippen LogP contribution < -0.4 is 10.0 Å². The Balaban J connectivity index is 1.75. The van der Waals surface area contributed by atoms with E-state index in [0.29, 0.717) is 0 Å². The number of thioether (sulfide) groups is 1. The van der Waals surface area contributed by atoms with E-state index in [1.807, 2.05) is 0 Å². The monoisotopic (exact) mass is 593 g/mol. The molecule has 14 heteroatoms. The predicted molar refractivity (Wildman–Crippen MR) is 140 cm³/mol. The van der Waals surface area contributed by atoms with Gasteiger partial charge in [0.1, 0.15) is 0 Å². The number of nitrogens with zero attached hydrogens (tertiary/aromatic N) is 2. The van der Waals surface area contributed by atoms with Crippen LogP contribution >= 0.6 is 11.8 Å². The van der Waals surface area contributed by atoms with Gasteiger partial charge in [0, 0.05) is 49.7 Å². The van der Waals surface area contributed by atoms with Crippen molar-refractivity contribution >= 4 is 33.7 Å². The SMILES string of the molecule is CNC(=O)c1cccc(S(=O)(=O)N2CCS[C@H]2C(=O)OC(OC)(c2ccccc2)C(F)(F)c2cccc[n+]2[O-])c1. The maximum Gasteiger partial charge on any atom is 0.399 e. The van der Waals surface area contributed by atoms with Gasteiger partial charge in [0.15, 0.2) is 11.6 Å². The van der Waals surface area contributed by atoms with Gasteiger partial charge < -0.3 is 20.0 Å². The summed E-state index contributed by atoms with van der Waals surface area (Å²) in [6, 6.07) is 15.4. The van der Waals surface area contributed by atoms with Gasteiger partial charge in [-0.2, -0.15) is 17.8 Å². The summed E-state index contributed by atoms with van der Waals surface area (Å²) in [7, 11) is -2.08. The Hall–Kier alpha value is -3.59. The van der Waals surface area contributed by atoms with Gasteiger partial charge in [0.2, 0.25) is 10.0 Å². The molecule has 1 aliphatic rings. The number of halogens is 2. The summed E-state index contributed by atoms with van der Waals surface area (Å²) in [6.07, 6.45) is 0.866. The number of hydrogen-bond donors (Lipinski definition) is 1. The molecule has 1 saturated heterocycles. The van der Waals surface area contributed by atoms with Gasteiger partial charge in [0.05, 0.1) is 4.90 Å². The average Bonchev–Trinajstić information content (AvgIpc) is 3.47. The van der Waals surface area contributed by atoms with Crippen molar-refractivity contribution in [3.05, 3.63) is 101 Å². The van der Waals surface area contributed by atoms with Gasteiger partial charge in [-0.3, -0.25) is 4.79 Å². The first kappa shape index (κ1) is 29.4. The third kappa shape index (κ3) is 5.14. The van der Waals surface area contributed by atoms with E-state index >= 15 is 8.78 Å². The number of pyridine rings is 1. The number of sulfonamides is 1. The Labute approximate surface area is 233 Å². The van der Waals surface area contributed by atoms with Crippen molar-refractivity contribution in [3.63, 3.8) is 0 Å². The Morgan fingerprint density at radius 3 is 2.45 bits per heavy atom. The Morgan fingerprint density at radius 1 is 1.10 bits per heavy atom. The van der Waals surface area contributed by atoms with Gasteiger partial charge >= 0.3 is 17.7 Å². The maximum absolute atomic E-state index is 16.2. The number of hydrogen-bond acceptors (Lipinski definition) is 8. The van der Waals surface area contributed by atoms with Gasteiger partial charge in [-0.1, -0.05) is 36.4 Å². The summed E-state index contributed by atoms with van der Waals surface area (Å²) >= 11 is 0.877. The maximum atomic E-state index is 16.2. The topological polar surface area (TPSA) is 129 Å². The third-order valence-electron chi connectivity index (χ3n) is 6.23. The van der Waals surface area contributed by atoms with Crippen molar-refractivity contribution in [1.82, 2.24) is 9.62 Å². The van der Waals surface area contributed by atoms with E-state index in [0.717, 1.165) is 41.5 Å². The minimum Gasteiger partial charge on any atom is -0.618 e.